The van der Waals surface area contributed by atoms with Crippen molar-refractivity contribution in [1.29, 1.82) is 0 Å². The smallest absolute Gasteiger partial charge is 0.222 e. The summed E-state index contributed by atoms with van der Waals surface area (Å²) in [6.07, 6.45) is 3.02. The molecule has 1 fully saturated rings. The van der Waals surface area contributed by atoms with Crippen LogP contribution in [0.25, 0.3) is 0 Å². The molecule has 92 valence electrons. The monoisotopic (exact) mass is 317 g/mol. The van der Waals surface area contributed by atoms with E-state index in [2.05, 4.69) is 26.2 Å². The van der Waals surface area contributed by atoms with Crippen LogP contribution in [0.4, 0.5) is 5.82 Å². The maximum atomic E-state index is 11.4. The Morgan fingerprint density at radius 1 is 1.65 bits per heavy atom. The van der Waals surface area contributed by atoms with Gasteiger partial charge in [-0.25, -0.2) is 4.98 Å². The molecule has 2 rings (SSSR count). The number of carbonyl (C=O) groups excluding carboxylic acids is 1. The fourth-order valence-electron chi connectivity index (χ4n) is 1.84. The summed E-state index contributed by atoms with van der Waals surface area (Å²) in [4.78, 5) is 17.3. The molecule has 0 unspecified atom stereocenters. The number of aromatic nitrogens is 1. The van der Waals surface area contributed by atoms with E-state index >= 15 is 0 Å². The van der Waals surface area contributed by atoms with E-state index in [1.807, 2.05) is 7.05 Å². The minimum atomic E-state index is 0.200. The number of anilines is 1. The van der Waals surface area contributed by atoms with Crippen molar-refractivity contribution in [2.45, 2.75) is 18.9 Å². The van der Waals surface area contributed by atoms with Crippen LogP contribution in [0.1, 0.15) is 12.8 Å². The molecular weight excluding hydrogens is 305 g/mol. The second-order valence-electron chi connectivity index (χ2n) is 4.14. The number of likely N-dealkylation sites (tertiary alicyclic amines) is 1. The Kier molecular flexibility index (Phi) is 3.89. The van der Waals surface area contributed by atoms with Crippen molar-refractivity contribution < 1.29 is 4.79 Å². The first-order valence-electron chi connectivity index (χ1n) is 5.38. The van der Waals surface area contributed by atoms with Crippen molar-refractivity contribution in [3.05, 3.63) is 21.8 Å². The third-order valence-corrected chi connectivity index (χ3v) is 3.59. The lowest BCUT2D eigenvalue weighted by atomic mass is 10.1. The predicted octanol–water partition coefficient (Wildman–Crippen LogP) is 2.53. The topological polar surface area (TPSA) is 45.2 Å². The van der Waals surface area contributed by atoms with Gasteiger partial charge in [-0.2, -0.15) is 0 Å². The highest BCUT2D eigenvalue weighted by molar-refractivity contribution is 9.10. The first kappa shape index (κ1) is 12.6. The zero-order valence-electron chi connectivity index (χ0n) is 9.41. The summed E-state index contributed by atoms with van der Waals surface area (Å²) in [5.74, 6) is 0.966. The van der Waals surface area contributed by atoms with Crippen molar-refractivity contribution in [1.82, 2.24) is 9.88 Å². The number of hydrogen-bond acceptors (Lipinski definition) is 3. The van der Waals surface area contributed by atoms with E-state index in [1.165, 1.54) is 0 Å². The molecule has 6 heteroatoms. The van der Waals surface area contributed by atoms with Crippen LogP contribution in [-0.4, -0.2) is 35.4 Å². The van der Waals surface area contributed by atoms with Gasteiger partial charge in [0.25, 0.3) is 0 Å². The molecule has 0 spiro atoms. The number of carbonyl (C=O) groups is 1. The summed E-state index contributed by atoms with van der Waals surface area (Å²) >= 11 is 9.24. The molecule has 1 saturated heterocycles. The van der Waals surface area contributed by atoms with Crippen molar-refractivity contribution in [3.8, 4) is 0 Å². The molecule has 1 amide bonds. The van der Waals surface area contributed by atoms with Gasteiger partial charge in [-0.05, 0) is 28.4 Å². The lowest BCUT2D eigenvalue weighted by Gasteiger charge is -2.30. The minimum absolute atomic E-state index is 0.200. The molecule has 2 heterocycles. The zero-order valence-corrected chi connectivity index (χ0v) is 11.8. The molecule has 0 aliphatic carbocycles. The van der Waals surface area contributed by atoms with Crippen LogP contribution >= 0.6 is 27.5 Å². The molecule has 0 radical (unpaired) electrons. The largest absolute Gasteiger partial charge is 0.365 e. The summed E-state index contributed by atoms with van der Waals surface area (Å²) < 4.78 is 0.838. The summed E-state index contributed by atoms with van der Waals surface area (Å²) in [6, 6.07) is 2.04. The molecule has 1 aromatic heterocycles. The number of likely N-dealkylation sites (N-methyl/N-ethyl adjacent to an activating group) is 1. The molecular formula is C11H13BrClN3O. The van der Waals surface area contributed by atoms with E-state index in [1.54, 1.807) is 17.2 Å². The molecule has 0 aromatic carbocycles. The SMILES string of the molecule is CN1C[C@@H](Nc2ncc(Cl)cc2Br)CCC1=O. The van der Waals surface area contributed by atoms with Gasteiger partial charge in [-0.1, -0.05) is 11.6 Å². The summed E-state index contributed by atoms with van der Waals surface area (Å²) in [5, 5.41) is 3.91. The molecule has 1 aliphatic heterocycles. The van der Waals surface area contributed by atoms with Gasteiger partial charge in [0.2, 0.25) is 5.91 Å². The maximum absolute atomic E-state index is 11.4. The molecule has 1 aromatic rings. The number of nitrogens with one attached hydrogen (secondary N) is 1. The average molecular weight is 319 g/mol. The van der Waals surface area contributed by atoms with Crippen molar-refractivity contribution >= 4 is 39.3 Å². The molecule has 0 bridgehead atoms. The number of nitrogens with zero attached hydrogens (tertiary/aromatic N) is 2. The number of amides is 1. The van der Waals surface area contributed by atoms with E-state index in [9.17, 15) is 4.79 Å². The standard InChI is InChI=1S/C11H13BrClN3O/c1-16-6-8(2-3-10(16)17)15-11-9(12)4-7(13)5-14-11/h4-5,8H,2-3,6H2,1H3,(H,14,15)/t8-/m0/s1. The molecule has 17 heavy (non-hydrogen) atoms. The van der Waals surface area contributed by atoms with Crippen LogP contribution in [0, 0.1) is 0 Å². The Balaban J connectivity index is 2.03. The van der Waals surface area contributed by atoms with E-state index in [0.717, 1.165) is 16.7 Å². The second-order valence-corrected chi connectivity index (χ2v) is 5.43. The number of rotatable bonds is 2. The van der Waals surface area contributed by atoms with Crippen molar-refractivity contribution in [2.75, 3.05) is 18.9 Å². The Bertz CT molecular complexity index is 441. The van der Waals surface area contributed by atoms with E-state index in [0.29, 0.717) is 18.0 Å². The van der Waals surface area contributed by atoms with Crippen LogP contribution < -0.4 is 5.32 Å². The maximum Gasteiger partial charge on any atom is 0.222 e. The molecule has 1 N–H and O–H groups in total. The highest BCUT2D eigenvalue weighted by atomic mass is 79.9. The van der Waals surface area contributed by atoms with Crippen molar-refractivity contribution in [2.24, 2.45) is 0 Å². The number of pyridine rings is 1. The summed E-state index contributed by atoms with van der Waals surface area (Å²) in [7, 11) is 1.82. The third-order valence-electron chi connectivity index (χ3n) is 2.78. The van der Waals surface area contributed by atoms with Gasteiger partial charge in [0.1, 0.15) is 5.82 Å². The van der Waals surface area contributed by atoms with Gasteiger partial charge < -0.3 is 10.2 Å². The molecule has 0 saturated carbocycles. The normalized spacial score (nSPS) is 20.5. The Hall–Kier alpha value is -0.810. The summed E-state index contributed by atoms with van der Waals surface area (Å²) in [5.41, 5.74) is 0. The van der Waals surface area contributed by atoms with Crippen molar-refractivity contribution in [3.63, 3.8) is 0 Å². The van der Waals surface area contributed by atoms with Crippen LogP contribution in [-0.2, 0) is 4.79 Å². The molecule has 1 atom stereocenters. The van der Waals surface area contributed by atoms with E-state index in [-0.39, 0.29) is 11.9 Å². The highest BCUT2D eigenvalue weighted by Gasteiger charge is 2.23. The van der Waals surface area contributed by atoms with Gasteiger partial charge in [0.15, 0.2) is 0 Å². The van der Waals surface area contributed by atoms with Crippen LogP contribution in [0.3, 0.4) is 0 Å². The van der Waals surface area contributed by atoms with E-state index in [4.69, 9.17) is 11.6 Å². The van der Waals surface area contributed by atoms with Gasteiger partial charge in [0, 0.05) is 32.3 Å². The van der Waals surface area contributed by atoms with Gasteiger partial charge in [-0.3, -0.25) is 4.79 Å². The lowest BCUT2D eigenvalue weighted by Crippen LogP contribution is -2.43. The fourth-order valence-corrected chi connectivity index (χ4v) is 2.60. The number of hydrogen-bond donors (Lipinski definition) is 1. The fraction of sp³-hybridized carbons (Fsp3) is 0.455. The predicted molar refractivity (Wildman–Crippen MR) is 71.2 cm³/mol. The van der Waals surface area contributed by atoms with Crippen LogP contribution in [0.2, 0.25) is 5.02 Å². The van der Waals surface area contributed by atoms with Crippen LogP contribution in [0.15, 0.2) is 16.7 Å². The van der Waals surface area contributed by atoms with E-state index < -0.39 is 0 Å². The Morgan fingerprint density at radius 2 is 2.41 bits per heavy atom. The number of halogens is 2. The second kappa shape index (κ2) is 5.23. The zero-order chi connectivity index (χ0) is 12.4. The Labute approximate surface area is 113 Å². The quantitative estimate of drug-likeness (QED) is 0.911. The highest BCUT2D eigenvalue weighted by Crippen LogP contribution is 2.25. The van der Waals surface area contributed by atoms with Gasteiger partial charge in [0.05, 0.1) is 9.50 Å². The molecule has 1 aliphatic rings. The summed E-state index contributed by atoms with van der Waals surface area (Å²) in [6.45, 7) is 0.704. The molecule has 4 nitrogen and oxygen atoms in total. The van der Waals surface area contributed by atoms with Gasteiger partial charge in [-0.15, -0.1) is 0 Å². The Morgan fingerprint density at radius 3 is 3.06 bits per heavy atom. The first-order chi connectivity index (χ1) is 8.06. The van der Waals surface area contributed by atoms with Crippen LogP contribution in [0.5, 0.6) is 0 Å². The number of piperidine rings is 1. The third kappa shape index (κ3) is 3.10. The lowest BCUT2D eigenvalue weighted by molar-refractivity contribution is -0.132. The average Bonchev–Trinajstić information content (AvgIpc) is 2.27. The van der Waals surface area contributed by atoms with Gasteiger partial charge >= 0.3 is 0 Å². The first-order valence-corrected chi connectivity index (χ1v) is 6.55. The minimum Gasteiger partial charge on any atom is -0.365 e.